The van der Waals surface area contributed by atoms with E-state index in [9.17, 15) is 0 Å². The summed E-state index contributed by atoms with van der Waals surface area (Å²) in [5.74, 6) is 0.317. The number of aromatic nitrogens is 1. The second-order valence-corrected chi connectivity index (χ2v) is 3.65. The average Bonchev–Trinajstić information content (AvgIpc) is 2.85. The van der Waals surface area contributed by atoms with Gasteiger partial charge in [0.2, 0.25) is 0 Å². The molecule has 3 nitrogen and oxygen atoms in total. The lowest BCUT2D eigenvalue weighted by Gasteiger charge is -1.99. The van der Waals surface area contributed by atoms with E-state index in [0.717, 1.165) is 17.7 Å². The summed E-state index contributed by atoms with van der Waals surface area (Å²) < 4.78 is 0. The first-order valence-electron chi connectivity index (χ1n) is 4.47. The largest absolute Gasteiger partial charge is 0.455 e. The molecule has 2 rings (SSSR count). The molecule has 68 valence electrons. The van der Waals surface area contributed by atoms with Crippen molar-refractivity contribution in [3.8, 4) is 0 Å². The molecule has 1 aromatic rings. The number of nitrogens with zero attached hydrogens (tertiary/aromatic N) is 1. The molecule has 0 radical (unpaired) electrons. The monoisotopic (exact) mass is 177 g/mol. The molecule has 0 amide bonds. The van der Waals surface area contributed by atoms with Crippen molar-refractivity contribution < 1.29 is 10.0 Å². The highest BCUT2D eigenvalue weighted by Crippen LogP contribution is 2.53. The molecule has 4 heteroatoms. The minimum atomic E-state index is -1.17. The van der Waals surface area contributed by atoms with Gasteiger partial charge < -0.3 is 10.0 Å². The van der Waals surface area contributed by atoms with Crippen LogP contribution in [0.15, 0.2) is 18.3 Å². The molecular formula is C9H12BNO2. The second kappa shape index (κ2) is 3.12. The van der Waals surface area contributed by atoms with E-state index in [1.165, 1.54) is 0 Å². The molecule has 1 fully saturated rings. The molecule has 1 saturated carbocycles. The predicted octanol–water partition coefficient (Wildman–Crippen LogP) is 0.720. The minimum absolute atomic E-state index is 0.0181. The van der Waals surface area contributed by atoms with Crippen LogP contribution in [-0.2, 0) is 0 Å². The van der Waals surface area contributed by atoms with Crippen LogP contribution < -0.4 is 0 Å². The summed E-state index contributed by atoms with van der Waals surface area (Å²) in [7, 11) is -1.17. The quantitative estimate of drug-likeness (QED) is 0.654. The van der Waals surface area contributed by atoms with E-state index in [1.807, 2.05) is 25.3 Å². The number of rotatable bonds is 2. The van der Waals surface area contributed by atoms with E-state index in [4.69, 9.17) is 10.0 Å². The van der Waals surface area contributed by atoms with Gasteiger partial charge in [-0.2, -0.15) is 0 Å². The lowest BCUT2D eigenvalue weighted by Crippen LogP contribution is -2.11. The summed E-state index contributed by atoms with van der Waals surface area (Å²) >= 11 is 0. The third-order valence-electron chi connectivity index (χ3n) is 2.59. The lowest BCUT2D eigenvalue weighted by molar-refractivity contribution is 0.402. The van der Waals surface area contributed by atoms with Crippen molar-refractivity contribution in [3.05, 3.63) is 29.6 Å². The summed E-state index contributed by atoms with van der Waals surface area (Å²) in [5.41, 5.74) is 2.11. The maximum atomic E-state index is 8.91. The van der Waals surface area contributed by atoms with Gasteiger partial charge in [0, 0.05) is 17.7 Å². The Balaban J connectivity index is 2.08. The highest BCUT2D eigenvalue weighted by atomic mass is 16.4. The fourth-order valence-electron chi connectivity index (χ4n) is 1.63. The highest BCUT2D eigenvalue weighted by Gasteiger charge is 2.46. The molecule has 1 aromatic heterocycles. The Morgan fingerprint density at radius 2 is 2.23 bits per heavy atom. The van der Waals surface area contributed by atoms with Gasteiger partial charge in [0.05, 0.1) is 0 Å². The lowest BCUT2D eigenvalue weighted by atomic mass is 9.81. The molecule has 0 bridgehead atoms. The van der Waals surface area contributed by atoms with Gasteiger partial charge in [-0.1, -0.05) is 6.07 Å². The number of pyridine rings is 1. The molecule has 1 aliphatic rings. The Kier molecular flexibility index (Phi) is 2.10. The first kappa shape index (κ1) is 8.72. The zero-order valence-corrected chi connectivity index (χ0v) is 7.51. The molecule has 13 heavy (non-hydrogen) atoms. The zero-order valence-electron chi connectivity index (χ0n) is 7.51. The van der Waals surface area contributed by atoms with Gasteiger partial charge in [-0.05, 0) is 30.9 Å². The topological polar surface area (TPSA) is 53.4 Å². The van der Waals surface area contributed by atoms with Crippen LogP contribution in [0, 0.1) is 6.92 Å². The summed E-state index contributed by atoms with van der Waals surface area (Å²) in [6.45, 7) is 1.94. The van der Waals surface area contributed by atoms with Gasteiger partial charge in [-0.3, -0.25) is 4.98 Å². The molecule has 0 saturated heterocycles. The van der Waals surface area contributed by atoms with Crippen molar-refractivity contribution in [3.63, 3.8) is 0 Å². The summed E-state index contributed by atoms with van der Waals surface area (Å²) in [6.07, 6.45) is 2.69. The highest BCUT2D eigenvalue weighted by molar-refractivity contribution is 6.44. The Bertz CT molecular complexity index is 299. The van der Waals surface area contributed by atoms with Gasteiger partial charge in [-0.15, -0.1) is 0 Å². The van der Waals surface area contributed by atoms with Gasteiger partial charge in [0.15, 0.2) is 0 Å². The van der Waals surface area contributed by atoms with Crippen LogP contribution >= 0.6 is 0 Å². The molecule has 0 aliphatic heterocycles. The van der Waals surface area contributed by atoms with Crippen molar-refractivity contribution in [2.75, 3.05) is 0 Å². The van der Waals surface area contributed by atoms with Crippen LogP contribution in [0.25, 0.3) is 0 Å². The Morgan fingerprint density at radius 3 is 2.69 bits per heavy atom. The normalized spacial score (nSPS) is 25.8. The second-order valence-electron chi connectivity index (χ2n) is 3.65. The third-order valence-corrected chi connectivity index (χ3v) is 2.59. The van der Waals surface area contributed by atoms with Gasteiger partial charge in [0.1, 0.15) is 0 Å². The first-order valence-corrected chi connectivity index (χ1v) is 4.47. The van der Waals surface area contributed by atoms with E-state index in [-0.39, 0.29) is 5.82 Å². The predicted molar refractivity (Wildman–Crippen MR) is 50.3 cm³/mol. The van der Waals surface area contributed by atoms with Crippen LogP contribution in [0.5, 0.6) is 0 Å². The number of aryl methyl sites for hydroxylation is 1. The molecule has 0 aromatic carbocycles. The Hall–Kier alpha value is -0.865. The smallest absolute Gasteiger partial charge is 0.427 e. The van der Waals surface area contributed by atoms with E-state index < -0.39 is 7.12 Å². The van der Waals surface area contributed by atoms with Crippen LogP contribution in [0.3, 0.4) is 0 Å². The maximum absolute atomic E-state index is 8.91. The molecule has 2 atom stereocenters. The SMILES string of the molecule is Cc1ccc(C2CC2B(O)O)cn1. The summed E-state index contributed by atoms with van der Waals surface area (Å²) in [6, 6.07) is 3.96. The Labute approximate surface area is 77.6 Å². The van der Waals surface area contributed by atoms with Crippen LogP contribution in [-0.4, -0.2) is 22.2 Å². The van der Waals surface area contributed by atoms with Crippen molar-refractivity contribution in [1.82, 2.24) is 4.98 Å². The fraction of sp³-hybridized carbons (Fsp3) is 0.444. The van der Waals surface area contributed by atoms with E-state index in [1.54, 1.807) is 0 Å². The van der Waals surface area contributed by atoms with Gasteiger partial charge in [-0.25, -0.2) is 0 Å². The maximum Gasteiger partial charge on any atom is 0.455 e. The summed E-state index contributed by atoms with van der Waals surface area (Å²) in [4.78, 5) is 4.17. The van der Waals surface area contributed by atoms with Gasteiger partial charge >= 0.3 is 7.12 Å². The van der Waals surface area contributed by atoms with E-state index in [0.29, 0.717) is 5.92 Å². The van der Waals surface area contributed by atoms with Crippen molar-refractivity contribution in [2.45, 2.75) is 25.1 Å². The van der Waals surface area contributed by atoms with E-state index >= 15 is 0 Å². The molecule has 2 unspecified atom stereocenters. The number of hydrogen-bond donors (Lipinski definition) is 2. The first-order chi connectivity index (χ1) is 6.18. The van der Waals surface area contributed by atoms with Crippen molar-refractivity contribution in [1.29, 1.82) is 0 Å². The fourth-order valence-corrected chi connectivity index (χ4v) is 1.63. The molecule has 0 spiro atoms. The van der Waals surface area contributed by atoms with Crippen LogP contribution in [0.2, 0.25) is 5.82 Å². The molecule has 1 heterocycles. The Morgan fingerprint density at radius 1 is 1.46 bits per heavy atom. The van der Waals surface area contributed by atoms with Crippen molar-refractivity contribution >= 4 is 7.12 Å². The third kappa shape index (κ3) is 1.74. The standard InChI is InChI=1S/C9H12BNO2/c1-6-2-3-7(5-11-6)8-4-9(8)10(12)13/h2-3,5,8-9,12-13H,4H2,1H3. The van der Waals surface area contributed by atoms with Crippen LogP contribution in [0.4, 0.5) is 0 Å². The molecule has 1 aliphatic carbocycles. The summed E-state index contributed by atoms with van der Waals surface area (Å²) in [5, 5.41) is 17.8. The van der Waals surface area contributed by atoms with Gasteiger partial charge in [0.25, 0.3) is 0 Å². The minimum Gasteiger partial charge on any atom is -0.427 e. The zero-order chi connectivity index (χ0) is 9.42. The van der Waals surface area contributed by atoms with E-state index in [2.05, 4.69) is 4.98 Å². The van der Waals surface area contributed by atoms with Crippen molar-refractivity contribution in [2.24, 2.45) is 0 Å². The van der Waals surface area contributed by atoms with Crippen LogP contribution in [0.1, 0.15) is 23.6 Å². The average molecular weight is 177 g/mol. The molecule has 2 N–H and O–H groups in total. The number of hydrogen-bond acceptors (Lipinski definition) is 3. The molecular weight excluding hydrogens is 165 g/mol.